The second-order valence-corrected chi connectivity index (χ2v) is 1.91. The van der Waals surface area contributed by atoms with Crippen LogP contribution in [-0.4, -0.2) is 18.9 Å². The summed E-state index contributed by atoms with van der Waals surface area (Å²) in [5.41, 5.74) is 0. The van der Waals surface area contributed by atoms with Crippen LogP contribution in [0.3, 0.4) is 0 Å². The molecular weight excluding hydrogens is 180 g/mol. The topological polar surface area (TPSA) is 0 Å². The zero-order valence-corrected chi connectivity index (χ0v) is 11.6. The summed E-state index contributed by atoms with van der Waals surface area (Å²) in [6.07, 6.45) is 6.52. The Balaban J connectivity index is -0.0000000564. The fourth-order valence-electron chi connectivity index (χ4n) is 0.604. The first-order chi connectivity index (χ1) is 4.41. The van der Waals surface area contributed by atoms with Gasteiger partial charge in [0.15, 0.2) is 0 Å². The average Bonchev–Trinajstić information content (AvgIpc) is 1.94. The zero-order valence-electron chi connectivity index (χ0n) is 8.66. The maximum Gasteiger partial charge on any atom is 2.00 e. The van der Waals surface area contributed by atoms with Crippen LogP contribution in [0.2, 0.25) is 0 Å². The molecule has 0 bridgehead atoms. The van der Waals surface area contributed by atoms with Crippen molar-refractivity contribution in [3.8, 4) is 0 Å². The van der Waals surface area contributed by atoms with Crippen molar-refractivity contribution in [2.24, 2.45) is 0 Å². The van der Waals surface area contributed by atoms with Gasteiger partial charge in [-0.25, -0.2) is 0 Å². The van der Waals surface area contributed by atoms with Gasteiger partial charge in [0.1, 0.15) is 0 Å². The third-order valence-corrected chi connectivity index (χ3v) is 1.10. The normalized spacial score (nSPS) is 6.55. The van der Waals surface area contributed by atoms with Crippen LogP contribution in [0.1, 0.15) is 46.0 Å². The van der Waals surface area contributed by atoms with E-state index in [1.54, 1.807) is 6.92 Å². The Hall–Kier alpha value is 1.22. The van der Waals surface area contributed by atoms with Crippen LogP contribution in [0, 0.1) is 13.8 Å². The molecule has 11 heavy (non-hydrogen) atoms. The predicted molar refractivity (Wildman–Crippen MR) is 50.9 cm³/mol. The Bertz CT molecular complexity index is 28.7. The summed E-state index contributed by atoms with van der Waals surface area (Å²) in [5, 5.41) is 0. The molecule has 0 nitrogen and oxygen atoms in total. The molecule has 1 radical (unpaired) electrons. The van der Waals surface area contributed by atoms with E-state index in [0.717, 1.165) is 6.42 Å². The Morgan fingerprint density at radius 3 is 1.73 bits per heavy atom. The summed E-state index contributed by atoms with van der Waals surface area (Å²) in [4.78, 5) is 0. The molecule has 0 atom stereocenters. The standard InChI is InChI=1S/C7H15.C2H5.Li.Zn/c1-3-5-7-6-4-2;1-2;;/h1,3-7H2,2H3;1H2,2H3;;/q2*-1;;+2. The van der Waals surface area contributed by atoms with Gasteiger partial charge < -0.3 is 13.8 Å². The van der Waals surface area contributed by atoms with E-state index in [2.05, 4.69) is 20.8 Å². The largest absolute Gasteiger partial charge is 2.00 e. The van der Waals surface area contributed by atoms with Gasteiger partial charge in [-0.05, 0) is 0 Å². The molecule has 0 spiro atoms. The first-order valence-electron chi connectivity index (χ1n) is 3.91. The first-order valence-corrected chi connectivity index (χ1v) is 3.91. The predicted octanol–water partition coefficient (Wildman–Crippen LogP) is 3.25. The van der Waals surface area contributed by atoms with Crippen LogP contribution in [-0.2, 0) is 19.5 Å². The number of rotatable bonds is 4. The molecule has 0 aromatic carbocycles. The van der Waals surface area contributed by atoms with E-state index < -0.39 is 0 Å². The summed E-state index contributed by atoms with van der Waals surface area (Å²) in [5.74, 6) is 0. The van der Waals surface area contributed by atoms with Crippen molar-refractivity contribution in [3.63, 3.8) is 0 Å². The third kappa shape index (κ3) is 35.0. The third-order valence-electron chi connectivity index (χ3n) is 1.10. The summed E-state index contributed by atoms with van der Waals surface area (Å²) in [6, 6.07) is 0. The van der Waals surface area contributed by atoms with Crippen LogP contribution in [0.15, 0.2) is 0 Å². The van der Waals surface area contributed by atoms with Crippen LogP contribution >= 0.6 is 0 Å². The first kappa shape index (κ1) is 22.8. The summed E-state index contributed by atoms with van der Waals surface area (Å²) < 4.78 is 0. The van der Waals surface area contributed by atoms with Gasteiger partial charge in [0, 0.05) is 18.9 Å². The van der Waals surface area contributed by atoms with E-state index in [9.17, 15) is 0 Å². The summed E-state index contributed by atoms with van der Waals surface area (Å²) in [7, 11) is 0. The second-order valence-electron chi connectivity index (χ2n) is 1.91. The Morgan fingerprint density at radius 2 is 1.45 bits per heavy atom. The fraction of sp³-hybridized carbons (Fsp3) is 0.778. The number of hydrogen-bond donors (Lipinski definition) is 0. The molecule has 0 saturated carbocycles. The average molecular weight is 201 g/mol. The molecule has 0 heterocycles. The minimum atomic E-state index is 0. The van der Waals surface area contributed by atoms with Crippen molar-refractivity contribution in [1.82, 2.24) is 0 Å². The Morgan fingerprint density at radius 1 is 1.00 bits per heavy atom. The minimum absolute atomic E-state index is 0. The maximum absolute atomic E-state index is 3.76. The molecule has 0 aliphatic rings. The molecule has 0 saturated heterocycles. The fourth-order valence-corrected chi connectivity index (χ4v) is 0.604. The molecule has 0 unspecified atom stereocenters. The van der Waals surface area contributed by atoms with Crippen molar-refractivity contribution in [1.29, 1.82) is 0 Å². The van der Waals surface area contributed by atoms with Gasteiger partial charge >= 0.3 is 19.5 Å². The molecule has 0 aliphatic carbocycles. The van der Waals surface area contributed by atoms with Crippen molar-refractivity contribution in [2.75, 3.05) is 0 Å². The SMILES string of the molecule is [CH2-]C.[CH2-]CCCCCC.[Li].[Zn+2]. The van der Waals surface area contributed by atoms with Crippen molar-refractivity contribution in [2.45, 2.75) is 46.0 Å². The molecule has 0 fully saturated rings. The van der Waals surface area contributed by atoms with Crippen LogP contribution in [0.5, 0.6) is 0 Å². The monoisotopic (exact) mass is 199 g/mol. The quantitative estimate of drug-likeness (QED) is 0.371. The molecule has 0 N–H and O–H groups in total. The number of hydrogen-bond acceptors (Lipinski definition) is 0. The van der Waals surface area contributed by atoms with E-state index in [1.807, 2.05) is 0 Å². The molecule has 0 amide bonds. The van der Waals surface area contributed by atoms with Gasteiger partial charge in [0.05, 0.1) is 0 Å². The summed E-state index contributed by atoms with van der Waals surface area (Å²) >= 11 is 0. The minimum Gasteiger partial charge on any atom is -0.346 e. The molecule has 0 aromatic rings. The molecular formula is C9H20LiZn. The molecule has 2 heteroatoms. The van der Waals surface area contributed by atoms with Crippen molar-refractivity contribution < 1.29 is 19.5 Å². The molecule has 59 valence electrons. The van der Waals surface area contributed by atoms with Gasteiger partial charge in [-0.3, -0.25) is 0 Å². The Labute approximate surface area is 97.8 Å². The van der Waals surface area contributed by atoms with Crippen LogP contribution in [0.25, 0.3) is 0 Å². The van der Waals surface area contributed by atoms with Crippen molar-refractivity contribution in [3.05, 3.63) is 13.8 Å². The van der Waals surface area contributed by atoms with Crippen molar-refractivity contribution >= 4 is 18.9 Å². The van der Waals surface area contributed by atoms with Gasteiger partial charge in [-0.1, -0.05) is 32.6 Å². The molecule has 0 aliphatic heterocycles. The Kier molecular flexibility index (Phi) is 62.7. The molecule has 0 aromatic heterocycles. The van der Waals surface area contributed by atoms with E-state index in [1.165, 1.54) is 25.7 Å². The zero-order chi connectivity index (χ0) is 7.54. The van der Waals surface area contributed by atoms with Gasteiger partial charge in [-0.2, -0.15) is 13.3 Å². The van der Waals surface area contributed by atoms with Gasteiger partial charge in [-0.15, -0.1) is 0 Å². The van der Waals surface area contributed by atoms with E-state index >= 15 is 0 Å². The van der Waals surface area contributed by atoms with E-state index in [0.29, 0.717) is 0 Å². The van der Waals surface area contributed by atoms with Crippen LogP contribution in [0.4, 0.5) is 0 Å². The van der Waals surface area contributed by atoms with E-state index in [4.69, 9.17) is 0 Å². The van der Waals surface area contributed by atoms with Crippen LogP contribution < -0.4 is 0 Å². The van der Waals surface area contributed by atoms with Gasteiger partial charge in [0.2, 0.25) is 0 Å². The van der Waals surface area contributed by atoms with E-state index in [-0.39, 0.29) is 38.3 Å². The smallest absolute Gasteiger partial charge is 0.346 e. The maximum atomic E-state index is 3.76. The number of unbranched alkanes of at least 4 members (excludes halogenated alkanes) is 4. The van der Waals surface area contributed by atoms with Gasteiger partial charge in [0.25, 0.3) is 0 Å². The second kappa shape index (κ2) is 30.3. The summed E-state index contributed by atoms with van der Waals surface area (Å²) in [6.45, 7) is 11.0. The molecule has 0 rings (SSSR count).